The van der Waals surface area contributed by atoms with Crippen molar-refractivity contribution in [1.82, 2.24) is 15.1 Å². The van der Waals surface area contributed by atoms with E-state index in [1.807, 2.05) is 36.4 Å². The van der Waals surface area contributed by atoms with Crippen molar-refractivity contribution in [2.24, 2.45) is 0 Å². The molecule has 1 fully saturated rings. The van der Waals surface area contributed by atoms with Gasteiger partial charge in [0.2, 0.25) is 0 Å². The van der Waals surface area contributed by atoms with E-state index in [2.05, 4.69) is 44.0 Å². The number of nitrogens with zero attached hydrogens (tertiary/aromatic N) is 4. The number of halogens is 1. The summed E-state index contributed by atoms with van der Waals surface area (Å²) in [4.78, 5) is 29.2. The number of amides is 1. The number of hydrogen-bond donors (Lipinski definition) is 0. The quantitative estimate of drug-likeness (QED) is 0.387. The molecule has 0 unspecified atom stereocenters. The maximum atomic E-state index is 13.0. The summed E-state index contributed by atoms with van der Waals surface area (Å²) in [5, 5.41) is 9.52. The average Bonchev–Trinajstić information content (AvgIpc) is 2.84. The lowest BCUT2D eigenvalue weighted by Gasteiger charge is -2.35. The van der Waals surface area contributed by atoms with Crippen LogP contribution in [0.3, 0.4) is 0 Å². The molecule has 0 spiro atoms. The van der Waals surface area contributed by atoms with E-state index in [1.165, 1.54) is 0 Å². The number of aryl methyl sites for hydroxylation is 1. The molecule has 7 nitrogen and oxygen atoms in total. The molecule has 33 heavy (non-hydrogen) atoms. The van der Waals surface area contributed by atoms with Gasteiger partial charge in [-0.05, 0) is 48.9 Å². The number of aromatic nitrogens is 2. The molecular weight excluding hydrogens is 484 g/mol. The summed E-state index contributed by atoms with van der Waals surface area (Å²) in [6.07, 6.45) is 0. The lowest BCUT2D eigenvalue weighted by molar-refractivity contribution is 0.0742. The Kier molecular flexibility index (Phi) is 5.68. The minimum Gasteiger partial charge on any atom is -0.422 e. The standard InChI is InChI=1S/C25H21BrN4O3/c1-16-4-2-3-5-19(16)21-7-9-23(28-27-21)29-10-12-30(13-11-29)24(31)20-15-17-14-18(26)6-8-22(17)33-25(20)32/h2-9,14-15H,10-13H2,1H3. The smallest absolute Gasteiger partial charge is 0.349 e. The van der Waals surface area contributed by atoms with E-state index in [-0.39, 0.29) is 11.5 Å². The number of carbonyl (C=O) groups is 1. The van der Waals surface area contributed by atoms with Crippen molar-refractivity contribution in [3.8, 4) is 11.3 Å². The molecule has 0 radical (unpaired) electrons. The molecule has 0 aliphatic carbocycles. The maximum absolute atomic E-state index is 13.0. The third-order valence-corrected chi connectivity index (χ3v) is 6.38. The van der Waals surface area contributed by atoms with Gasteiger partial charge in [-0.1, -0.05) is 40.2 Å². The molecule has 2 aromatic carbocycles. The van der Waals surface area contributed by atoms with Gasteiger partial charge in [-0.15, -0.1) is 10.2 Å². The molecule has 4 aromatic rings. The van der Waals surface area contributed by atoms with Crippen molar-refractivity contribution in [3.63, 3.8) is 0 Å². The fraction of sp³-hybridized carbons (Fsp3) is 0.200. The molecule has 1 amide bonds. The third kappa shape index (κ3) is 4.26. The Morgan fingerprint density at radius 3 is 2.48 bits per heavy atom. The monoisotopic (exact) mass is 504 g/mol. The molecule has 1 aliphatic rings. The van der Waals surface area contributed by atoms with Crippen molar-refractivity contribution >= 4 is 38.6 Å². The van der Waals surface area contributed by atoms with E-state index in [1.54, 1.807) is 23.1 Å². The molecule has 1 aliphatic heterocycles. The summed E-state index contributed by atoms with van der Waals surface area (Å²) in [6.45, 7) is 4.23. The summed E-state index contributed by atoms with van der Waals surface area (Å²) in [5.74, 6) is 0.459. The number of anilines is 1. The first-order chi connectivity index (χ1) is 16.0. The highest BCUT2D eigenvalue weighted by atomic mass is 79.9. The summed E-state index contributed by atoms with van der Waals surface area (Å²) in [7, 11) is 0. The highest BCUT2D eigenvalue weighted by Crippen LogP contribution is 2.23. The Bertz CT molecular complexity index is 1390. The second-order valence-electron chi connectivity index (χ2n) is 8.00. The van der Waals surface area contributed by atoms with Crippen molar-refractivity contribution in [3.05, 3.63) is 86.7 Å². The van der Waals surface area contributed by atoms with Crippen molar-refractivity contribution in [2.75, 3.05) is 31.1 Å². The highest BCUT2D eigenvalue weighted by molar-refractivity contribution is 9.10. The Balaban J connectivity index is 1.29. The summed E-state index contributed by atoms with van der Waals surface area (Å²) >= 11 is 3.41. The zero-order chi connectivity index (χ0) is 22.9. The van der Waals surface area contributed by atoms with Gasteiger partial charge in [0, 0.05) is 41.6 Å². The molecule has 1 saturated heterocycles. The van der Waals surface area contributed by atoms with Gasteiger partial charge < -0.3 is 14.2 Å². The molecule has 5 rings (SSSR count). The van der Waals surface area contributed by atoms with Crippen LogP contribution in [0.1, 0.15) is 15.9 Å². The van der Waals surface area contributed by atoms with Crippen LogP contribution >= 0.6 is 15.9 Å². The lowest BCUT2D eigenvalue weighted by Crippen LogP contribution is -2.49. The van der Waals surface area contributed by atoms with Crippen molar-refractivity contribution in [2.45, 2.75) is 6.92 Å². The van der Waals surface area contributed by atoms with Crippen LogP contribution in [0.2, 0.25) is 0 Å². The predicted molar refractivity (Wildman–Crippen MR) is 131 cm³/mol. The second kappa shape index (κ2) is 8.78. The maximum Gasteiger partial charge on any atom is 0.349 e. The SMILES string of the molecule is Cc1ccccc1-c1ccc(N2CCN(C(=O)c3cc4cc(Br)ccc4oc3=O)CC2)nn1. The molecule has 8 heteroatoms. The van der Waals surface area contributed by atoms with Gasteiger partial charge in [0.05, 0.1) is 5.69 Å². The number of piperazine rings is 1. The molecule has 0 N–H and O–H groups in total. The van der Waals surface area contributed by atoms with E-state index >= 15 is 0 Å². The van der Waals surface area contributed by atoms with Crippen molar-refractivity contribution in [1.29, 1.82) is 0 Å². The van der Waals surface area contributed by atoms with E-state index in [0.29, 0.717) is 37.1 Å². The first-order valence-electron chi connectivity index (χ1n) is 10.7. The molecular formula is C25H21BrN4O3. The van der Waals surface area contributed by atoms with Gasteiger partial charge in [0.15, 0.2) is 5.82 Å². The minimum absolute atomic E-state index is 0.0522. The number of carbonyl (C=O) groups excluding carboxylic acids is 1. The van der Waals surface area contributed by atoms with Crippen LogP contribution in [0.4, 0.5) is 5.82 Å². The minimum atomic E-state index is -0.616. The molecule has 0 atom stereocenters. The predicted octanol–water partition coefficient (Wildman–Crippen LogP) is 4.28. The topological polar surface area (TPSA) is 79.5 Å². The second-order valence-corrected chi connectivity index (χ2v) is 8.92. The van der Waals surface area contributed by atoms with Crippen LogP contribution in [-0.2, 0) is 0 Å². The fourth-order valence-electron chi connectivity index (χ4n) is 4.05. The largest absolute Gasteiger partial charge is 0.422 e. The van der Waals surface area contributed by atoms with E-state index in [0.717, 1.165) is 27.1 Å². The molecule has 0 saturated carbocycles. The van der Waals surface area contributed by atoms with Crippen LogP contribution in [0.25, 0.3) is 22.2 Å². The van der Waals surface area contributed by atoms with Gasteiger partial charge in [0.1, 0.15) is 11.1 Å². The van der Waals surface area contributed by atoms with Gasteiger partial charge >= 0.3 is 5.63 Å². The van der Waals surface area contributed by atoms with E-state index < -0.39 is 5.63 Å². The number of fused-ring (bicyclic) bond motifs is 1. The van der Waals surface area contributed by atoms with Crippen LogP contribution in [0.15, 0.2) is 74.3 Å². The van der Waals surface area contributed by atoms with Gasteiger partial charge in [-0.25, -0.2) is 4.79 Å². The fourth-order valence-corrected chi connectivity index (χ4v) is 4.43. The van der Waals surface area contributed by atoms with Crippen molar-refractivity contribution < 1.29 is 9.21 Å². The number of benzene rings is 2. The third-order valence-electron chi connectivity index (χ3n) is 5.89. The average molecular weight is 505 g/mol. The number of hydrogen-bond acceptors (Lipinski definition) is 6. The number of rotatable bonds is 3. The van der Waals surface area contributed by atoms with Crippen LogP contribution in [0, 0.1) is 6.92 Å². The highest BCUT2D eigenvalue weighted by Gasteiger charge is 2.25. The molecule has 0 bridgehead atoms. The first kappa shape index (κ1) is 21.3. The van der Waals surface area contributed by atoms with Gasteiger partial charge in [-0.2, -0.15) is 0 Å². The van der Waals surface area contributed by atoms with Crippen LogP contribution < -0.4 is 10.5 Å². The molecule has 166 valence electrons. The Hall–Kier alpha value is -3.52. The summed E-state index contributed by atoms with van der Waals surface area (Å²) in [6, 6.07) is 18.9. The zero-order valence-corrected chi connectivity index (χ0v) is 19.6. The van der Waals surface area contributed by atoms with Crippen LogP contribution in [0.5, 0.6) is 0 Å². The Morgan fingerprint density at radius 2 is 1.76 bits per heavy atom. The Morgan fingerprint density at radius 1 is 0.970 bits per heavy atom. The first-order valence-corrected chi connectivity index (χ1v) is 11.5. The molecule has 2 aromatic heterocycles. The zero-order valence-electron chi connectivity index (χ0n) is 18.0. The van der Waals surface area contributed by atoms with E-state index in [9.17, 15) is 9.59 Å². The summed E-state index contributed by atoms with van der Waals surface area (Å²) in [5.41, 5.74) is 2.94. The van der Waals surface area contributed by atoms with Crippen LogP contribution in [-0.4, -0.2) is 47.2 Å². The van der Waals surface area contributed by atoms with Gasteiger partial charge in [-0.3, -0.25) is 4.79 Å². The molecule has 3 heterocycles. The van der Waals surface area contributed by atoms with Gasteiger partial charge in [0.25, 0.3) is 5.91 Å². The summed E-state index contributed by atoms with van der Waals surface area (Å²) < 4.78 is 6.21. The Labute approximate surface area is 198 Å². The lowest BCUT2D eigenvalue weighted by atomic mass is 10.1. The van der Waals surface area contributed by atoms with E-state index in [4.69, 9.17) is 4.42 Å². The normalized spacial score (nSPS) is 14.0.